The molecule has 110 valence electrons. The van der Waals surface area contributed by atoms with Gasteiger partial charge in [-0.2, -0.15) is 0 Å². The number of rotatable bonds is 5. The lowest BCUT2D eigenvalue weighted by molar-refractivity contribution is -0.151. The molecule has 1 atom stereocenters. The average molecular weight is 271 g/mol. The van der Waals surface area contributed by atoms with Gasteiger partial charge in [0.15, 0.2) is 0 Å². The van der Waals surface area contributed by atoms with Gasteiger partial charge in [-0.1, -0.05) is 13.8 Å². The molecule has 0 bridgehead atoms. The number of hydrogen-bond donors (Lipinski definition) is 1. The van der Waals surface area contributed by atoms with Crippen LogP contribution < -0.4 is 0 Å². The van der Waals surface area contributed by atoms with Crippen molar-refractivity contribution in [1.29, 1.82) is 0 Å². The highest BCUT2D eigenvalue weighted by Crippen LogP contribution is 2.38. The molecule has 1 unspecified atom stereocenters. The van der Waals surface area contributed by atoms with Gasteiger partial charge in [0.1, 0.15) is 0 Å². The number of nitrogens with zero attached hydrogens (tertiary/aromatic N) is 1. The van der Waals surface area contributed by atoms with Crippen LogP contribution in [-0.4, -0.2) is 47.7 Å². The van der Waals surface area contributed by atoms with Crippen molar-refractivity contribution in [2.24, 2.45) is 11.3 Å². The van der Waals surface area contributed by atoms with E-state index in [1.807, 2.05) is 27.7 Å². The zero-order chi connectivity index (χ0) is 14.8. The van der Waals surface area contributed by atoms with Crippen molar-refractivity contribution in [3.63, 3.8) is 0 Å². The van der Waals surface area contributed by atoms with E-state index in [-0.39, 0.29) is 18.2 Å². The molecule has 0 spiro atoms. The van der Waals surface area contributed by atoms with Crippen LogP contribution in [0.5, 0.6) is 0 Å². The number of carbonyl (C=O) groups is 2. The van der Waals surface area contributed by atoms with E-state index < -0.39 is 17.0 Å². The van der Waals surface area contributed by atoms with Crippen LogP contribution in [0.4, 0.5) is 0 Å². The molecule has 1 aliphatic heterocycles. The SMILES string of the molecule is COC(C)(C)CC(=O)N1CCC(C(=O)O)(C(C)C)C1. The normalized spacial score (nSPS) is 24.0. The Morgan fingerprint density at radius 2 is 2.00 bits per heavy atom. The van der Waals surface area contributed by atoms with Crippen molar-refractivity contribution in [3.8, 4) is 0 Å². The zero-order valence-electron chi connectivity index (χ0n) is 12.5. The van der Waals surface area contributed by atoms with Crippen molar-refractivity contribution in [2.45, 2.75) is 46.1 Å². The van der Waals surface area contributed by atoms with E-state index in [1.54, 1.807) is 12.0 Å². The van der Waals surface area contributed by atoms with E-state index in [9.17, 15) is 14.7 Å². The number of methoxy groups -OCH3 is 1. The molecule has 1 amide bonds. The van der Waals surface area contributed by atoms with Crippen molar-refractivity contribution >= 4 is 11.9 Å². The highest BCUT2D eigenvalue weighted by atomic mass is 16.5. The van der Waals surface area contributed by atoms with E-state index in [0.29, 0.717) is 19.5 Å². The summed E-state index contributed by atoms with van der Waals surface area (Å²) in [6.45, 7) is 8.34. The van der Waals surface area contributed by atoms with Gasteiger partial charge in [-0.25, -0.2) is 0 Å². The predicted octanol–water partition coefficient (Wildman–Crippen LogP) is 1.76. The molecule has 1 heterocycles. The minimum absolute atomic E-state index is 0.0123. The number of hydrogen-bond acceptors (Lipinski definition) is 3. The van der Waals surface area contributed by atoms with Crippen LogP contribution in [-0.2, 0) is 14.3 Å². The van der Waals surface area contributed by atoms with Crippen LogP contribution in [0.3, 0.4) is 0 Å². The smallest absolute Gasteiger partial charge is 0.311 e. The topological polar surface area (TPSA) is 66.8 Å². The number of carboxylic acids is 1. The Bertz CT molecular complexity index is 364. The fourth-order valence-electron chi connectivity index (χ4n) is 2.49. The Hall–Kier alpha value is -1.10. The van der Waals surface area contributed by atoms with E-state index in [1.165, 1.54) is 0 Å². The summed E-state index contributed by atoms with van der Waals surface area (Å²) >= 11 is 0. The minimum atomic E-state index is -0.802. The molecule has 1 fully saturated rings. The van der Waals surface area contributed by atoms with Crippen LogP contribution in [0, 0.1) is 11.3 Å². The van der Waals surface area contributed by atoms with Gasteiger partial charge >= 0.3 is 5.97 Å². The molecule has 0 aliphatic carbocycles. The Balaban J connectivity index is 2.75. The van der Waals surface area contributed by atoms with Gasteiger partial charge in [-0.15, -0.1) is 0 Å². The summed E-state index contributed by atoms with van der Waals surface area (Å²) in [6, 6.07) is 0. The number of ether oxygens (including phenoxy) is 1. The first kappa shape index (κ1) is 16.0. The Kier molecular flexibility index (Phi) is 4.61. The zero-order valence-corrected chi connectivity index (χ0v) is 12.5. The lowest BCUT2D eigenvalue weighted by Gasteiger charge is -2.30. The minimum Gasteiger partial charge on any atom is -0.481 e. The second kappa shape index (κ2) is 5.49. The number of aliphatic carboxylic acids is 1. The molecule has 0 saturated carbocycles. The fraction of sp³-hybridized carbons (Fsp3) is 0.857. The quantitative estimate of drug-likeness (QED) is 0.827. The van der Waals surface area contributed by atoms with Crippen LogP contribution in [0.2, 0.25) is 0 Å². The monoisotopic (exact) mass is 271 g/mol. The van der Waals surface area contributed by atoms with Gasteiger partial charge in [0.05, 0.1) is 17.4 Å². The van der Waals surface area contributed by atoms with Gasteiger partial charge in [-0.05, 0) is 26.2 Å². The molecule has 1 N–H and O–H groups in total. The van der Waals surface area contributed by atoms with Crippen molar-refractivity contribution < 1.29 is 19.4 Å². The van der Waals surface area contributed by atoms with Gasteiger partial charge in [0, 0.05) is 20.2 Å². The predicted molar refractivity (Wildman–Crippen MR) is 71.8 cm³/mol. The third kappa shape index (κ3) is 3.26. The summed E-state index contributed by atoms with van der Waals surface area (Å²) in [7, 11) is 1.58. The number of likely N-dealkylation sites (tertiary alicyclic amines) is 1. The maximum atomic E-state index is 12.2. The van der Waals surface area contributed by atoms with Crippen molar-refractivity contribution in [3.05, 3.63) is 0 Å². The number of carbonyl (C=O) groups excluding carboxylic acids is 1. The van der Waals surface area contributed by atoms with Crippen molar-refractivity contribution in [1.82, 2.24) is 4.90 Å². The molecule has 0 aromatic carbocycles. The molecule has 5 heteroatoms. The molecule has 0 aromatic rings. The molecule has 1 saturated heterocycles. The van der Waals surface area contributed by atoms with Gasteiger partial charge in [-0.3, -0.25) is 9.59 Å². The summed E-state index contributed by atoms with van der Waals surface area (Å²) < 4.78 is 5.25. The maximum absolute atomic E-state index is 12.2. The summed E-state index contributed by atoms with van der Waals surface area (Å²) in [6.07, 6.45) is 0.802. The summed E-state index contributed by atoms with van der Waals surface area (Å²) in [4.78, 5) is 25.4. The fourth-order valence-corrected chi connectivity index (χ4v) is 2.49. The van der Waals surface area contributed by atoms with E-state index in [2.05, 4.69) is 0 Å². The van der Waals surface area contributed by atoms with Crippen LogP contribution in [0.15, 0.2) is 0 Å². The van der Waals surface area contributed by atoms with Gasteiger partial charge < -0.3 is 14.7 Å². The molecule has 19 heavy (non-hydrogen) atoms. The molecule has 0 radical (unpaired) electrons. The molecule has 5 nitrogen and oxygen atoms in total. The first-order valence-electron chi connectivity index (χ1n) is 6.71. The van der Waals surface area contributed by atoms with Crippen LogP contribution in [0.25, 0.3) is 0 Å². The molecule has 0 aromatic heterocycles. The summed E-state index contributed by atoms with van der Waals surface area (Å²) in [5.74, 6) is -0.822. The Labute approximate surface area is 114 Å². The van der Waals surface area contributed by atoms with E-state index >= 15 is 0 Å². The lowest BCUT2D eigenvalue weighted by Crippen LogP contribution is -2.42. The van der Waals surface area contributed by atoms with Gasteiger partial charge in [0.25, 0.3) is 0 Å². The largest absolute Gasteiger partial charge is 0.481 e. The first-order valence-corrected chi connectivity index (χ1v) is 6.71. The maximum Gasteiger partial charge on any atom is 0.311 e. The second-order valence-corrected chi connectivity index (χ2v) is 6.32. The van der Waals surface area contributed by atoms with Gasteiger partial charge in [0.2, 0.25) is 5.91 Å². The van der Waals surface area contributed by atoms with Crippen molar-refractivity contribution in [2.75, 3.05) is 20.2 Å². The van der Waals surface area contributed by atoms with E-state index in [0.717, 1.165) is 0 Å². The summed E-state index contributed by atoms with van der Waals surface area (Å²) in [5.41, 5.74) is -1.31. The third-order valence-electron chi connectivity index (χ3n) is 4.31. The first-order chi connectivity index (χ1) is 8.64. The highest BCUT2D eigenvalue weighted by Gasteiger charge is 2.48. The molecule has 1 aliphatic rings. The number of amides is 1. The third-order valence-corrected chi connectivity index (χ3v) is 4.31. The molecule has 1 rings (SSSR count). The second-order valence-electron chi connectivity index (χ2n) is 6.32. The number of carboxylic acid groups (broad SMARTS) is 1. The highest BCUT2D eigenvalue weighted by molar-refractivity contribution is 5.81. The lowest BCUT2D eigenvalue weighted by atomic mass is 9.76. The average Bonchev–Trinajstić information content (AvgIpc) is 2.74. The Morgan fingerprint density at radius 1 is 1.42 bits per heavy atom. The summed E-state index contributed by atoms with van der Waals surface area (Å²) in [5, 5.41) is 9.45. The van der Waals surface area contributed by atoms with Crippen LogP contribution in [0.1, 0.15) is 40.5 Å². The van der Waals surface area contributed by atoms with E-state index in [4.69, 9.17) is 4.74 Å². The Morgan fingerprint density at radius 3 is 2.37 bits per heavy atom. The standard InChI is InChI=1S/C14H25NO4/c1-10(2)14(12(17)18)6-7-15(9-14)11(16)8-13(3,4)19-5/h10H,6-9H2,1-5H3,(H,17,18). The van der Waals surface area contributed by atoms with Crippen LogP contribution >= 0.6 is 0 Å². The molecular weight excluding hydrogens is 246 g/mol. The molecular formula is C14H25NO4.